The van der Waals surface area contributed by atoms with E-state index >= 15 is 0 Å². The van der Waals surface area contributed by atoms with Crippen molar-refractivity contribution >= 4 is 34.9 Å². The first-order valence-electron chi connectivity index (χ1n) is 8.65. The monoisotopic (exact) mass is 357 g/mol. The Balaban J connectivity index is 1.72. The Morgan fingerprint density at radius 3 is 2.77 bits per heavy atom. The number of amides is 2. The van der Waals surface area contributed by atoms with Gasteiger partial charge in [-0.15, -0.1) is 0 Å². The summed E-state index contributed by atoms with van der Waals surface area (Å²) in [7, 11) is 0. The highest BCUT2D eigenvalue weighted by Gasteiger charge is 2.36. The number of rotatable bonds is 3. The second-order valence-corrected chi connectivity index (χ2v) is 7.47. The van der Waals surface area contributed by atoms with Crippen LogP contribution >= 0.6 is 0 Å². The molecule has 0 radical (unpaired) electrons. The molecule has 1 aliphatic rings. The van der Waals surface area contributed by atoms with Crippen LogP contribution in [0.5, 0.6) is 0 Å². The summed E-state index contributed by atoms with van der Waals surface area (Å²) < 4.78 is 5.39. The molecule has 7 nitrogen and oxygen atoms in total. The largest absolute Gasteiger partial charge is 0.444 e. The van der Waals surface area contributed by atoms with Crippen LogP contribution in [0.1, 0.15) is 44.1 Å². The number of nitrogens with one attached hydrogen (secondary N) is 2. The van der Waals surface area contributed by atoms with E-state index in [1.54, 1.807) is 45.0 Å². The number of aromatic nitrogens is 1. The number of hydrogen-bond donors (Lipinski definition) is 2. The van der Waals surface area contributed by atoms with Gasteiger partial charge in [-0.05, 0) is 57.9 Å². The van der Waals surface area contributed by atoms with Gasteiger partial charge in [0.05, 0.1) is 5.69 Å². The molecule has 3 rings (SSSR count). The van der Waals surface area contributed by atoms with Crippen molar-refractivity contribution in [1.82, 2.24) is 9.88 Å². The van der Waals surface area contributed by atoms with E-state index in [0.29, 0.717) is 24.3 Å². The lowest BCUT2D eigenvalue weighted by atomic mass is 10.2. The Kier molecular flexibility index (Phi) is 4.71. The maximum absolute atomic E-state index is 12.7. The second-order valence-electron chi connectivity index (χ2n) is 7.47. The van der Waals surface area contributed by atoms with Gasteiger partial charge >= 0.3 is 6.09 Å². The fraction of sp³-hybridized carbons (Fsp3) is 0.421. The van der Waals surface area contributed by atoms with Gasteiger partial charge < -0.3 is 15.0 Å². The summed E-state index contributed by atoms with van der Waals surface area (Å²) in [5.41, 5.74) is 1.32. The highest BCUT2D eigenvalue weighted by Crippen LogP contribution is 2.24. The van der Waals surface area contributed by atoms with Crippen molar-refractivity contribution < 1.29 is 19.1 Å². The third-order valence-corrected chi connectivity index (χ3v) is 4.22. The van der Waals surface area contributed by atoms with E-state index in [0.717, 1.165) is 23.6 Å². The molecule has 1 aliphatic heterocycles. The first kappa shape index (κ1) is 18.0. The minimum atomic E-state index is -0.601. The van der Waals surface area contributed by atoms with E-state index in [-0.39, 0.29) is 5.91 Å². The summed E-state index contributed by atoms with van der Waals surface area (Å²) >= 11 is 0. The molecule has 0 saturated carbocycles. The molecule has 2 heterocycles. The number of likely N-dealkylation sites (tertiary alicyclic amines) is 1. The van der Waals surface area contributed by atoms with Crippen LogP contribution < -0.4 is 5.32 Å². The van der Waals surface area contributed by atoms with Crippen molar-refractivity contribution in [2.24, 2.45) is 0 Å². The smallest absolute Gasteiger partial charge is 0.410 e. The number of carbonyl (C=O) groups excluding carboxylic acids is 3. The molecule has 1 saturated heterocycles. The lowest BCUT2D eigenvalue weighted by Crippen LogP contribution is -2.45. The molecule has 0 unspecified atom stereocenters. The number of nitrogens with zero attached hydrogens (tertiary/aromatic N) is 1. The number of ether oxygens (including phenoxy) is 1. The van der Waals surface area contributed by atoms with Crippen LogP contribution in [0.4, 0.5) is 10.5 Å². The standard InChI is InChI=1S/C19H23N3O4/c1-19(2,3)26-18(25)22-8-4-5-16(22)17(24)21-13-6-7-15-12(9-13)10-14(11-23)20-15/h6-7,9-11,16,20H,4-5,8H2,1-3H3,(H,21,24)/t16-/m0/s1. The number of carbonyl (C=O) groups is 3. The third kappa shape index (κ3) is 3.87. The number of fused-ring (bicyclic) bond motifs is 1. The summed E-state index contributed by atoms with van der Waals surface area (Å²) in [6, 6.07) is 6.54. The first-order chi connectivity index (χ1) is 12.3. The van der Waals surface area contributed by atoms with Gasteiger partial charge in [0.1, 0.15) is 11.6 Å². The molecule has 1 aromatic heterocycles. The molecule has 0 spiro atoms. The lowest BCUT2D eigenvalue weighted by molar-refractivity contribution is -0.120. The summed E-state index contributed by atoms with van der Waals surface area (Å²) in [5, 5.41) is 3.69. The molecule has 2 amide bonds. The summed E-state index contributed by atoms with van der Waals surface area (Å²) in [6.07, 6.45) is 1.64. The predicted molar refractivity (Wildman–Crippen MR) is 98.3 cm³/mol. The normalized spacial score (nSPS) is 17.3. The lowest BCUT2D eigenvalue weighted by Gasteiger charge is -2.28. The molecule has 0 aliphatic carbocycles. The van der Waals surface area contributed by atoms with Crippen LogP contribution in [0.25, 0.3) is 10.9 Å². The van der Waals surface area contributed by atoms with Gasteiger partial charge in [0, 0.05) is 23.1 Å². The van der Waals surface area contributed by atoms with Gasteiger partial charge in [0.15, 0.2) is 6.29 Å². The summed E-state index contributed by atoms with van der Waals surface area (Å²) in [4.78, 5) is 40.3. The fourth-order valence-electron chi connectivity index (χ4n) is 3.10. The number of H-pyrrole nitrogens is 1. The summed E-state index contributed by atoms with van der Waals surface area (Å²) in [6.45, 7) is 5.91. The van der Waals surface area contributed by atoms with E-state index in [4.69, 9.17) is 4.74 Å². The molecule has 0 bridgehead atoms. The molecule has 1 atom stereocenters. The minimum Gasteiger partial charge on any atom is -0.444 e. The van der Waals surface area contributed by atoms with Gasteiger partial charge in [-0.25, -0.2) is 4.79 Å². The Bertz CT molecular complexity index is 850. The zero-order valence-corrected chi connectivity index (χ0v) is 15.2. The Morgan fingerprint density at radius 1 is 1.31 bits per heavy atom. The zero-order chi connectivity index (χ0) is 18.9. The minimum absolute atomic E-state index is 0.237. The summed E-state index contributed by atoms with van der Waals surface area (Å²) in [5.74, 6) is -0.237. The van der Waals surface area contributed by atoms with E-state index in [1.165, 1.54) is 4.90 Å². The van der Waals surface area contributed by atoms with E-state index in [1.807, 2.05) is 0 Å². The topological polar surface area (TPSA) is 91.5 Å². The van der Waals surface area contributed by atoms with Crippen LogP contribution in [0.3, 0.4) is 0 Å². The number of hydrogen-bond acceptors (Lipinski definition) is 4. The van der Waals surface area contributed by atoms with Gasteiger partial charge in [-0.3, -0.25) is 14.5 Å². The Hall–Kier alpha value is -2.83. The van der Waals surface area contributed by atoms with E-state index < -0.39 is 17.7 Å². The second kappa shape index (κ2) is 6.82. The fourth-order valence-corrected chi connectivity index (χ4v) is 3.10. The van der Waals surface area contributed by atoms with Gasteiger partial charge in [-0.2, -0.15) is 0 Å². The number of aldehydes is 1. The molecule has 1 fully saturated rings. The highest BCUT2D eigenvalue weighted by atomic mass is 16.6. The molecular formula is C19H23N3O4. The van der Waals surface area contributed by atoms with Crippen LogP contribution in [0, 0.1) is 0 Å². The Morgan fingerprint density at radius 2 is 2.08 bits per heavy atom. The first-order valence-corrected chi connectivity index (χ1v) is 8.65. The van der Waals surface area contributed by atoms with Crippen LogP contribution in [0.2, 0.25) is 0 Å². The number of aromatic amines is 1. The molecule has 1 aromatic carbocycles. The van der Waals surface area contributed by atoms with Crippen molar-refractivity contribution in [3.8, 4) is 0 Å². The Labute approximate surface area is 151 Å². The maximum atomic E-state index is 12.7. The third-order valence-electron chi connectivity index (χ3n) is 4.22. The number of benzene rings is 1. The van der Waals surface area contributed by atoms with Crippen molar-refractivity contribution in [3.05, 3.63) is 30.0 Å². The SMILES string of the molecule is CC(C)(C)OC(=O)N1CCC[C@H]1C(=O)Nc1ccc2[nH]c(C=O)cc2c1. The van der Waals surface area contributed by atoms with Crippen LogP contribution in [0.15, 0.2) is 24.3 Å². The van der Waals surface area contributed by atoms with Gasteiger partial charge in [0.25, 0.3) is 0 Å². The highest BCUT2D eigenvalue weighted by molar-refractivity contribution is 5.99. The molecule has 7 heteroatoms. The average molecular weight is 357 g/mol. The van der Waals surface area contributed by atoms with Crippen molar-refractivity contribution in [1.29, 1.82) is 0 Å². The van der Waals surface area contributed by atoms with E-state index in [2.05, 4.69) is 10.3 Å². The van der Waals surface area contributed by atoms with Crippen molar-refractivity contribution in [2.75, 3.05) is 11.9 Å². The quantitative estimate of drug-likeness (QED) is 0.825. The molecule has 26 heavy (non-hydrogen) atoms. The van der Waals surface area contributed by atoms with E-state index in [9.17, 15) is 14.4 Å². The van der Waals surface area contributed by atoms with Gasteiger partial charge in [-0.1, -0.05) is 0 Å². The van der Waals surface area contributed by atoms with Crippen LogP contribution in [-0.2, 0) is 9.53 Å². The molecular weight excluding hydrogens is 334 g/mol. The van der Waals surface area contributed by atoms with Gasteiger partial charge in [0.2, 0.25) is 5.91 Å². The molecule has 2 aromatic rings. The zero-order valence-electron chi connectivity index (χ0n) is 15.2. The predicted octanol–water partition coefficient (Wildman–Crippen LogP) is 3.32. The molecule has 2 N–H and O–H groups in total. The van der Waals surface area contributed by atoms with Crippen molar-refractivity contribution in [2.45, 2.75) is 45.3 Å². The molecule has 138 valence electrons. The average Bonchev–Trinajstić information content (AvgIpc) is 3.19. The number of anilines is 1. The van der Waals surface area contributed by atoms with Crippen molar-refractivity contribution in [3.63, 3.8) is 0 Å². The van der Waals surface area contributed by atoms with Crippen LogP contribution in [-0.4, -0.2) is 46.4 Å². The maximum Gasteiger partial charge on any atom is 0.410 e.